The van der Waals surface area contributed by atoms with Crippen LogP contribution in [0.3, 0.4) is 0 Å². The number of nitrogens with two attached hydrogens (primary N) is 1. The lowest BCUT2D eigenvalue weighted by atomic mass is 9.57. The summed E-state index contributed by atoms with van der Waals surface area (Å²) in [5, 5.41) is 0. The Hall–Kier alpha value is -1.10. The minimum atomic E-state index is -0.0582. The summed E-state index contributed by atoms with van der Waals surface area (Å²) in [7, 11) is 1.72. The van der Waals surface area contributed by atoms with E-state index in [2.05, 4.69) is 19.1 Å². The maximum atomic E-state index is 6.05. The molecule has 2 saturated heterocycles. The maximum Gasteiger partial charge on any atom is 0.122 e. The normalized spacial score (nSPS) is 23.3. The highest BCUT2D eigenvalue weighted by Crippen LogP contribution is 2.53. The smallest absolute Gasteiger partial charge is 0.122 e. The van der Waals surface area contributed by atoms with Crippen molar-refractivity contribution >= 4 is 0 Å². The van der Waals surface area contributed by atoms with Crippen molar-refractivity contribution in [1.82, 2.24) is 0 Å². The van der Waals surface area contributed by atoms with Crippen molar-refractivity contribution in [2.75, 3.05) is 40.1 Å². The molecular formula is C15H21NO3. The Kier molecular flexibility index (Phi) is 3.04. The lowest BCUT2D eigenvalue weighted by molar-refractivity contribution is -0.224. The quantitative estimate of drug-likeness (QED) is 0.888. The van der Waals surface area contributed by atoms with Gasteiger partial charge in [0.05, 0.1) is 39.0 Å². The summed E-state index contributed by atoms with van der Waals surface area (Å²) in [5.41, 5.74) is 8.44. The SMILES string of the molecule is COc1ccc(C)cc1C1(C2(CN)COC2)COC1. The summed E-state index contributed by atoms with van der Waals surface area (Å²) < 4.78 is 16.6. The van der Waals surface area contributed by atoms with Crippen LogP contribution in [0, 0.1) is 12.3 Å². The highest BCUT2D eigenvalue weighted by atomic mass is 16.5. The molecule has 0 atom stereocenters. The first kappa shape index (κ1) is 12.9. The van der Waals surface area contributed by atoms with Gasteiger partial charge in [0.25, 0.3) is 0 Å². The second kappa shape index (κ2) is 4.47. The summed E-state index contributed by atoms with van der Waals surface area (Å²) in [5.74, 6) is 0.925. The Bertz CT molecular complexity index is 473. The van der Waals surface area contributed by atoms with Gasteiger partial charge in [0.1, 0.15) is 5.75 Å². The van der Waals surface area contributed by atoms with E-state index in [0.717, 1.165) is 5.75 Å². The molecule has 0 radical (unpaired) electrons. The van der Waals surface area contributed by atoms with E-state index in [9.17, 15) is 0 Å². The van der Waals surface area contributed by atoms with Crippen LogP contribution in [0.2, 0.25) is 0 Å². The van der Waals surface area contributed by atoms with Gasteiger partial charge in [-0.3, -0.25) is 0 Å². The van der Waals surface area contributed by atoms with E-state index in [-0.39, 0.29) is 10.8 Å². The average molecular weight is 263 g/mol. The molecule has 0 unspecified atom stereocenters. The largest absolute Gasteiger partial charge is 0.496 e. The highest BCUT2D eigenvalue weighted by molar-refractivity contribution is 5.46. The highest BCUT2D eigenvalue weighted by Gasteiger charge is 2.61. The molecule has 0 saturated carbocycles. The molecule has 0 amide bonds. The van der Waals surface area contributed by atoms with E-state index in [1.807, 2.05) is 6.07 Å². The fraction of sp³-hybridized carbons (Fsp3) is 0.600. The van der Waals surface area contributed by atoms with Crippen molar-refractivity contribution in [3.05, 3.63) is 29.3 Å². The molecule has 4 heteroatoms. The van der Waals surface area contributed by atoms with Crippen LogP contribution in [0.5, 0.6) is 5.75 Å². The molecule has 0 aliphatic carbocycles. The van der Waals surface area contributed by atoms with Crippen LogP contribution < -0.4 is 10.5 Å². The predicted molar refractivity (Wildman–Crippen MR) is 72.5 cm³/mol. The molecule has 104 valence electrons. The predicted octanol–water partition coefficient (Wildman–Crippen LogP) is 1.25. The van der Waals surface area contributed by atoms with Crippen molar-refractivity contribution in [1.29, 1.82) is 0 Å². The first-order valence-electron chi connectivity index (χ1n) is 6.68. The average Bonchev–Trinajstić information content (AvgIpc) is 2.31. The minimum Gasteiger partial charge on any atom is -0.496 e. The lowest BCUT2D eigenvalue weighted by Crippen LogP contribution is -2.69. The molecule has 1 aromatic carbocycles. The maximum absolute atomic E-state index is 6.05. The van der Waals surface area contributed by atoms with Crippen LogP contribution >= 0.6 is 0 Å². The molecule has 0 aromatic heterocycles. The third kappa shape index (κ3) is 1.64. The second-order valence-electron chi connectivity index (χ2n) is 5.76. The fourth-order valence-corrected chi connectivity index (χ4v) is 3.19. The van der Waals surface area contributed by atoms with Gasteiger partial charge in [-0.15, -0.1) is 0 Å². The molecule has 3 rings (SSSR count). The molecule has 4 nitrogen and oxygen atoms in total. The third-order valence-electron chi connectivity index (χ3n) is 4.73. The number of hydrogen-bond donors (Lipinski definition) is 1. The number of rotatable bonds is 4. The van der Waals surface area contributed by atoms with Crippen LogP contribution in [0.25, 0.3) is 0 Å². The molecule has 2 aliphatic rings. The molecule has 2 heterocycles. The van der Waals surface area contributed by atoms with Crippen LogP contribution in [-0.4, -0.2) is 40.1 Å². The summed E-state index contributed by atoms with van der Waals surface area (Å²) in [4.78, 5) is 0. The molecule has 2 fully saturated rings. The van der Waals surface area contributed by atoms with Gasteiger partial charge in [0.2, 0.25) is 0 Å². The first-order chi connectivity index (χ1) is 9.17. The zero-order chi connectivity index (χ0) is 13.5. The summed E-state index contributed by atoms with van der Waals surface area (Å²) in [6.45, 7) is 5.55. The zero-order valence-corrected chi connectivity index (χ0v) is 11.6. The van der Waals surface area contributed by atoms with E-state index in [4.69, 9.17) is 19.9 Å². The van der Waals surface area contributed by atoms with E-state index >= 15 is 0 Å². The van der Waals surface area contributed by atoms with Crippen molar-refractivity contribution in [3.8, 4) is 5.75 Å². The standard InChI is InChI=1S/C15H21NO3/c1-11-3-4-13(17-2)12(5-11)15(9-19-10-15)14(6-16)7-18-8-14/h3-5H,6-10,16H2,1-2H3. The van der Waals surface area contributed by atoms with Crippen molar-refractivity contribution < 1.29 is 14.2 Å². The van der Waals surface area contributed by atoms with Gasteiger partial charge in [-0.25, -0.2) is 0 Å². The number of ether oxygens (including phenoxy) is 3. The number of hydrogen-bond acceptors (Lipinski definition) is 4. The molecule has 2 N–H and O–H groups in total. The van der Waals surface area contributed by atoms with Crippen molar-refractivity contribution in [3.63, 3.8) is 0 Å². The van der Waals surface area contributed by atoms with Crippen molar-refractivity contribution in [2.45, 2.75) is 12.3 Å². The van der Waals surface area contributed by atoms with Crippen LogP contribution in [0.4, 0.5) is 0 Å². The van der Waals surface area contributed by atoms with Gasteiger partial charge < -0.3 is 19.9 Å². The molecule has 19 heavy (non-hydrogen) atoms. The van der Waals surface area contributed by atoms with Gasteiger partial charge in [-0.1, -0.05) is 17.7 Å². The van der Waals surface area contributed by atoms with Crippen LogP contribution in [0.1, 0.15) is 11.1 Å². The summed E-state index contributed by atoms with van der Waals surface area (Å²) >= 11 is 0. The molecule has 2 aliphatic heterocycles. The van der Waals surface area contributed by atoms with Gasteiger partial charge in [-0.2, -0.15) is 0 Å². The molecular weight excluding hydrogens is 242 g/mol. The zero-order valence-electron chi connectivity index (χ0n) is 11.6. The van der Waals surface area contributed by atoms with E-state index < -0.39 is 0 Å². The van der Waals surface area contributed by atoms with Crippen LogP contribution in [0.15, 0.2) is 18.2 Å². The number of aryl methyl sites for hydroxylation is 1. The Morgan fingerprint density at radius 2 is 1.89 bits per heavy atom. The minimum absolute atomic E-state index is 0.00762. The summed E-state index contributed by atoms with van der Waals surface area (Å²) in [6.07, 6.45) is 0. The van der Waals surface area contributed by atoms with E-state index in [1.165, 1.54) is 11.1 Å². The third-order valence-corrected chi connectivity index (χ3v) is 4.73. The fourth-order valence-electron chi connectivity index (χ4n) is 3.19. The summed E-state index contributed by atoms with van der Waals surface area (Å²) in [6, 6.07) is 6.31. The lowest BCUT2D eigenvalue weighted by Gasteiger charge is -2.59. The van der Waals surface area contributed by atoms with Crippen LogP contribution in [-0.2, 0) is 14.9 Å². The Morgan fingerprint density at radius 3 is 2.32 bits per heavy atom. The number of benzene rings is 1. The Morgan fingerprint density at radius 1 is 1.21 bits per heavy atom. The Balaban J connectivity index is 2.09. The van der Waals surface area contributed by atoms with Gasteiger partial charge in [-0.05, 0) is 13.0 Å². The molecule has 1 aromatic rings. The van der Waals surface area contributed by atoms with Gasteiger partial charge >= 0.3 is 0 Å². The molecule has 0 spiro atoms. The topological polar surface area (TPSA) is 53.7 Å². The van der Waals surface area contributed by atoms with E-state index in [1.54, 1.807) is 7.11 Å². The van der Waals surface area contributed by atoms with E-state index in [0.29, 0.717) is 33.0 Å². The van der Waals surface area contributed by atoms with Crippen molar-refractivity contribution in [2.24, 2.45) is 11.1 Å². The molecule has 0 bridgehead atoms. The van der Waals surface area contributed by atoms with Gasteiger partial charge in [0, 0.05) is 17.5 Å². The monoisotopic (exact) mass is 263 g/mol. The van der Waals surface area contributed by atoms with Gasteiger partial charge in [0.15, 0.2) is 0 Å². The number of methoxy groups -OCH3 is 1. The second-order valence-corrected chi connectivity index (χ2v) is 5.76. The first-order valence-corrected chi connectivity index (χ1v) is 6.68. The Labute approximate surface area is 113 Å².